The van der Waals surface area contributed by atoms with Crippen molar-refractivity contribution in [2.24, 2.45) is 0 Å². The number of hydrogen-bond acceptors (Lipinski definition) is 3. The molecule has 2 nitrogen and oxygen atoms in total. The van der Waals surface area contributed by atoms with Gasteiger partial charge in [-0.2, -0.15) is 0 Å². The van der Waals surface area contributed by atoms with Crippen LogP contribution in [0.3, 0.4) is 0 Å². The zero-order valence-corrected chi connectivity index (χ0v) is 29.4. The van der Waals surface area contributed by atoms with Gasteiger partial charge in [-0.05, 0) is 12.8 Å². The summed E-state index contributed by atoms with van der Waals surface area (Å²) < 4.78 is 117. The van der Waals surface area contributed by atoms with Gasteiger partial charge < -0.3 is 9.47 Å². The molecule has 0 saturated carbocycles. The van der Waals surface area contributed by atoms with Gasteiger partial charge in [0, 0.05) is 31.6 Å². The van der Waals surface area contributed by atoms with Crippen molar-refractivity contribution in [3.63, 3.8) is 0 Å². The molecule has 0 radical (unpaired) electrons. The third kappa shape index (κ3) is 7.44. The van der Waals surface area contributed by atoms with Gasteiger partial charge in [-0.15, -0.1) is 11.3 Å². The standard InChI is InChI=1S/C29H39F7O2SSi3/c1-40(2,3)14-10-12-37-26-27(38-13-11-15-41(4,5)6)29(42(7,8)9)39-28(26)18-16-17(20(31)23(34)22(18)33)21(32)25(36)24(35)19(16)30/h10-15H2,1-9H3. The first-order valence-corrected chi connectivity index (χ1v) is 25.7. The molecule has 0 spiro atoms. The molecule has 3 rings (SSSR count). The lowest BCUT2D eigenvalue weighted by molar-refractivity contribution is 0.272. The van der Waals surface area contributed by atoms with Crippen LogP contribution in [0, 0.1) is 40.7 Å². The molecular formula is C29H39F7O2SSi3. The molecule has 0 saturated heterocycles. The van der Waals surface area contributed by atoms with Crippen LogP contribution in [-0.4, -0.2) is 37.4 Å². The molecule has 0 aliphatic heterocycles. The van der Waals surface area contributed by atoms with E-state index in [1.54, 1.807) is 0 Å². The number of hydrogen-bond donors (Lipinski definition) is 0. The predicted octanol–water partition coefficient (Wildman–Crippen LogP) is 10.3. The molecule has 0 fully saturated rings. The Bertz CT molecular complexity index is 1460. The van der Waals surface area contributed by atoms with E-state index >= 15 is 8.78 Å². The summed E-state index contributed by atoms with van der Waals surface area (Å²) in [6.07, 6.45) is 1.36. The third-order valence-corrected chi connectivity index (χ3v) is 15.1. The van der Waals surface area contributed by atoms with Crippen LogP contribution < -0.4 is 14.0 Å². The Morgan fingerprint density at radius 1 is 0.524 bits per heavy atom. The highest BCUT2D eigenvalue weighted by atomic mass is 32.1. The molecule has 2 aromatic carbocycles. The highest BCUT2D eigenvalue weighted by Crippen LogP contribution is 2.49. The minimum atomic E-state index is -2.32. The van der Waals surface area contributed by atoms with E-state index in [0.29, 0.717) is 23.3 Å². The summed E-state index contributed by atoms with van der Waals surface area (Å²) in [4.78, 5) is -0.189. The van der Waals surface area contributed by atoms with Crippen molar-refractivity contribution in [2.45, 2.75) is 83.9 Å². The molecule has 0 unspecified atom stereocenters. The lowest BCUT2D eigenvalue weighted by atomic mass is 9.99. The zero-order chi connectivity index (χ0) is 31.9. The average molecular weight is 669 g/mol. The van der Waals surface area contributed by atoms with Crippen LogP contribution in [0.25, 0.3) is 21.2 Å². The summed E-state index contributed by atoms with van der Waals surface area (Å²) in [5.41, 5.74) is -0.930. The van der Waals surface area contributed by atoms with Crippen molar-refractivity contribution in [1.82, 2.24) is 0 Å². The Balaban J connectivity index is 2.35. The molecule has 0 aliphatic rings. The fourth-order valence-corrected chi connectivity index (χ4v) is 10.4. The van der Waals surface area contributed by atoms with Gasteiger partial charge in [0.2, 0.25) is 0 Å². The van der Waals surface area contributed by atoms with Gasteiger partial charge in [0.1, 0.15) is 0 Å². The van der Waals surface area contributed by atoms with E-state index in [1.807, 2.05) is 19.6 Å². The normalized spacial score (nSPS) is 12.9. The first-order valence-electron chi connectivity index (χ1n) is 13.9. The average Bonchev–Trinajstić information content (AvgIpc) is 3.22. The number of thiophene rings is 1. The number of rotatable bonds is 12. The largest absolute Gasteiger partial charge is 0.489 e. The highest BCUT2D eigenvalue weighted by molar-refractivity contribution is 7.29. The molecular weight excluding hydrogens is 630 g/mol. The number of fused-ring (bicyclic) bond motifs is 1. The van der Waals surface area contributed by atoms with E-state index in [9.17, 15) is 22.0 Å². The van der Waals surface area contributed by atoms with E-state index < -0.39 is 81.3 Å². The topological polar surface area (TPSA) is 18.5 Å². The van der Waals surface area contributed by atoms with Crippen LogP contribution in [0.2, 0.25) is 71.0 Å². The minimum absolute atomic E-state index is 0.0169. The summed E-state index contributed by atoms with van der Waals surface area (Å²) in [5.74, 6) is -14.6. The Labute approximate surface area is 250 Å². The predicted molar refractivity (Wildman–Crippen MR) is 166 cm³/mol. The van der Waals surface area contributed by atoms with Crippen LogP contribution in [0.15, 0.2) is 0 Å². The summed E-state index contributed by atoms with van der Waals surface area (Å²) in [6, 6.07) is 1.86. The van der Waals surface area contributed by atoms with Crippen LogP contribution in [0.5, 0.6) is 11.5 Å². The second kappa shape index (κ2) is 12.6. The number of benzene rings is 2. The van der Waals surface area contributed by atoms with E-state index in [-0.39, 0.29) is 17.2 Å². The number of halogens is 7. The summed E-state index contributed by atoms with van der Waals surface area (Å²) >= 11 is 0.936. The van der Waals surface area contributed by atoms with Gasteiger partial charge in [0.15, 0.2) is 52.2 Å². The van der Waals surface area contributed by atoms with E-state index in [0.717, 1.165) is 29.8 Å². The highest BCUT2D eigenvalue weighted by Gasteiger charge is 2.37. The first-order chi connectivity index (χ1) is 19.2. The van der Waals surface area contributed by atoms with Crippen LogP contribution in [0.4, 0.5) is 30.7 Å². The minimum Gasteiger partial charge on any atom is -0.489 e. The van der Waals surface area contributed by atoms with Crippen LogP contribution in [0.1, 0.15) is 12.8 Å². The third-order valence-electron chi connectivity index (χ3n) is 6.71. The van der Waals surface area contributed by atoms with Crippen molar-refractivity contribution >= 4 is 50.8 Å². The molecule has 0 atom stereocenters. The molecule has 234 valence electrons. The Hall–Kier alpha value is -1.84. The molecule has 1 aromatic heterocycles. The van der Waals surface area contributed by atoms with Crippen molar-refractivity contribution < 1.29 is 40.2 Å². The lowest BCUT2D eigenvalue weighted by Crippen LogP contribution is -2.36. The molecule has 0 amide bonds. The SMILES string of the molecule is C[Si](C)(C)CCCOc1c(-c2c(F)c(F)c(F)c3c(F)c(F)c(F)c(F)c23)sc([Si](C)(C)C)c1OCCC[Si](C)(C)C. The maximum atomic E-state index is 15.6. The zero-order valence-electron chi connectivity index (χ0n) is 25.6. The molecule has 3 aromatic rings. The van der Waals surface area contributed by atoms with Crippen molar-refractivity contribution in [3.8, 4) is 21.9 Å². The molecule has 0 aliphatic carbocycles. The van der Waals surface area contributed by atoms with Gasteiger partial charge in [-0.25, -0.2) is 30.7 Å². The van der Waals surface area contributed by atoms with Crippen molar-refractivity contribution in [1.29, 1.82) is 0 Å². The van der Waals surface area contributed by atoms with Gasteiger partial charge in [0.05, 0.1) is 31.6 Å². The maximum Gasteiger partial charge on any atom is 0.198 e. The maximum absolute atomic E-state index is 15.6. The fourth-order valence-electron chi connectivity index (χ4n) is 4.59. The summed E-state index contributed by atoms with van der Waals surface area (Å²) in [6.45, 7) is 19.7. The van der Waals surface area contributed by atoms with Crippen LogP contribution >= 0.6 is 11.3 Å². The van der Waals surface area contributed by atoms with E-state index in [4.69, 9.17) is 9.47 Å². The molecule has 1 heterocycles. The monoisotopic (exact) mass is 668 g/mol. The van der Waals surface area contributed by atoms with Gasteiger partial charge in [-0.3, -0.25) is 0 Å². The fraction of sp³-hybridized carbons (Fsp3) is 0.517. The molecule has 0 bridgehead atoms. The second-order valence-electron chi connectivity index (χ2n) is 14.0. The van der Waals surface area contributed by atoms with Crippen molar-refractivity contribution in [3.05, 3.63) is 40.7 Å². The Morgan fingerprint density at radius 2 is 0.929 bits per heavy atom. The smallest absolute Gasteiger partial charge is 0.198 e. The van der Waals surface area contributed by atoms with Gasteiger partial charge >= 0.3 is 0 Å². The van der Waals surface area contributed by atoms with E-state index in [2.05, 4.69) is 39.3 Å². The van der Waals surface area contributed by atoms with Crippen molar-refractivity contribution in [2.75, 3.05) is 13.2 Å². The van der Waals surface area contributed by atoms with Crippen LogP contribution in [-0.2, 0) is 0 Å². The Morgan fingerprint density at radius 3 is 1.36 bits per heavy atom. The van der Waals surface area contributed by atoms with E-state index in [1.165, 1.54) is 0 Å². The summed E-state index contributed by atoms with van der Waals surface area (Å²) in [7, 11) is -5.16. The first kappa shape index (κ1) is 34.6. The Kier molecular flexibility index (Phi) is 10.4. The molecule has 0 N–H and O–H groups in total. The quantitative estimate of drug-likeness (QED) is 0.0629. The van der Waals surface area contributed by atoms with Gasteiger partial charge in [0.25, 0.3) is 0 Å². The van der Waals surface area contributed by atoms with Gasteiger partial charge in [-0.1, -0.05) is 71.0 Å². The number of ether oxygens (including phenoxy) is 2. The second-order valence-corrected chi connectivity index (χ2v) is 31.6. The lowest BCUT2D eigenvalue weighted by Gasteiger charge is -2.20. The molecule has 13 heteroatoms. The summed E-state index contributed by atoms with van der Waals surface area (Å²) in [5, 5.41) is -2.74. The molecule has 42 heavy (non-hydrogen) atoms.